The Balaban J connectivity index is 2.25. The second-order valence-corrected chi connectivity index (χ2v) is 3.76. The maximum Gasteiger partial charge on any atom is 0.258 e. The number of carbonyl (C=O) groups is 1. The Bertz CT molecular complexity index is 543. The van der Waals surface area contributed by atoms with Crippen LogP contribution < -0.4 is 4.90 Å². The minimum Gasteiger partial charge on any atom is -0.390 e. The third kappa shape index (κ3) is 2.52. The minimum atomic E-state index is -0.180. The zero-order valence-electron chi connectivity index (χ0n) is 9.95. The van der Waals surface area contributed by atoms with Crippen molar-refractivity contribution in [2.24, 2.45) is 0 Å². The van der Waals surface area contributed by atoms with Crippen LogP contribution in [0.15, 0.2) is 42.9 Å². The predicted octanol–water partition coefficient (Wildman–Crippen LogP) is 1.25. The Hall–Kier alpha value is -2.27. The second-order valence-electron chi connectivity index (χ2n) is 3.76. The lowest BCUT2D eigenvalue weighted by Crippen LogP contribution is -2.26. The summed E-state index contributed by atoms with van der Waals surface area (Å²) in [7, 11) is 1.69. The Labute approximate surface area is 105 Å². The number of pyridine rings is 2. The van der Waals surface area contributed by atoms with Gasteiger partial charge in [-0.05, 0) is 24.3 Å². The van der Waals surface area contributed by atoms with E-state index in [0.29, 0.717) is 11.3 Å². The summed E-state index contributed by atoms with van der Waals surface area (Å²) >= 11 is 0. The predicted molar refractivity (Wildman–Crippen MR) is 67.1 cm³/mol. The van der Waals surface area contributed by atoms with Gasteiger partial charge in [-0.15, -0.1) is 0 Å². The highest BCUT2D eigenvalue weighted by Crippen LogP contribution is 2.14. The fourth-order valence-corrected chi connectivity index (χ4v) is 1.58. The molecule has 1 N–H and O–H groups in total. The highest BCUT2D eigenvalue weighted by Gasteiger charge is 2.13. The summed E-state index contributed by atoms with van der Waals surface area (Å²) < 4.78 is 0. The van der Waals surface area contributed by atoms with Gasteiger partial charge in [-0.1, -0.05) is 0 Å². The SMILES string of the molecule is CN(C(=O)c1ccnc(CO)c1)c1ccncc1. The normalized spacial score (nSPS) is 10.1. The largest absolute Gasteiger partial charge is 0.390 e. The summed E-state index contributed by atoms with van der Waals surface area (Å²) in [5, 5.41) is 9.00. The van der Waals surface area contributed by atoms with Crippen LogP contribution in [-0.4, -0.2) is 28.0 Å². The van der Waals surface area contributed by atoms with Gasteiger partial charge in [0.1, 0.15) is 0 Å². The number of hydrogen-bond donors (Lipinski definition) is 1. The van der Waals surface area contributed by atoms with Crippen molar-refractivity contribution in [2.45, 2.75) is 6.61 Å². The number of aliphatic hydroxyl groups is 1. The van der Waals surface area contributed by atoms with Gasteiger partial charge in [-0.2, -0.15) is 0 Å². The molecule has 0 aliphatic heterocycles. The molecule has 92 valence electrons. The maximum atomic E-state index is 12.2. The number of anilines is 1. The van der Waals surface area contributed by atoms with Crippen molar-refractivity contribution in [3.8, 4) is 0 Å². The van der Waals surface area contributed by atoms with Gasteiger partial charge < -0.3 is 10.0 Å². The Morgan fingerprint density at radius 3 is 2.67 bits per heavy atom. The van der Waals surface area contributed by atoms with Crippen molar-refractivity contribution >= 4 is 11.6 Å². The molecular formula is C13H13N3O2. The Morgan fingerprint density at radius 1 is 1.28 bits per heavy atom. The van der Waals surface area contributed by atoms with Crippen molar-refractivity contribution in [1.29, 1.82) is 0 Å². The van der Waals surface area contributed by atoms with E-state index in [1.807, 2.05) is 0 Å². The number of rotatable bonds is 3. The first-order valence-corrected chi connectivity index (χ1v) is 5.46. The van der Waals surface area contributed by atoms with E-state index in [4.69, 9.17) is 5.11 Å². The summed E-state index contributed by atoms with van der Waals surface area (Å²) in [5.74, 6) is -0.154. The molecule has 0 unspecified atom stereocenters. The zero-order chi connectivity index (χ0) is 13.0. The molecule has 5 nitrogen and oxygen atoms in total. The fourth-order valence-electron chi connectivity index (χ4n) is 1.58. The average Bonchev–Trinajstić information content (AvgIpc) is 2.46. The van der Waals surface area contributed by atoms with Gasteiger partial charge in [0.15, 0.2) is 0 Å². The van der Waals surface area contributed by atoms with Crippen LogP contribution >= 0.6 is 0 Å². The average molecular weight is 243 g/mol. The second kappa shape index (κ2) is 5.37. The molecule has 0 saturated carbocycles. The molecule has 0 saturated heterocycles. The van der Waals surface area contributed by atoms with Crippen molar-refractivity contribution in [2.75, 3.05) is 11.9 Å². The van der Waals surface area contributed by atoms with Crippen LogP contribution in [0.5, 0.6) is 0 Å². The first-order valence-electron chi connectivity index (χ1n) is 5.46. The molecule has 0 aliphatic rings. The van der Waals surface area contributed by atoms with Crippen LogP contribution in [-0.2, 0) is 6.61 Å². The smallest absolute Gasteiger partial charge is 0.258 e. The van der Waals surface area contributed by atoms with Crippen LogP contribution in [0.25, 0.3) is 0 Å². The van der Waals surface area contributed by atoms with Crippen molar-refractivity contribution in [3.63, 3.8) is 0 Å². The molecule has 0 aliphatic carbocycles. The van der Waals surface area contributed by atoms with E-state index in [0.717, 1.165) is 5.69 Å². The first kappa shape index (κ1) is 12.2. The topological polar surface area (TPSA) is 66.3 Å². The van der Waals surface area contributed by atoms with Crippen molar-refractivity contribution in [1.82, 2.24) is 9.97 Å². The number of hydrogen-bond acceptors (Lipinski definition) is 4. The van der Waals surface area contributed by atoms with Gasteiger partial charge in [0.25, 0.3) is 5.91 Å². The molecule has 5 heteroatoms. The first-order chi connectivity index (χ1) is 8.72. The molecule has 0 bridgehead atoms. The molecule has 0 aromatic carbocycles. The summed E-state index contributed by atoms with van der Waals surface area (Å²) in [6.07, 6.45) is 4.77. The van der Waals surface area contributed by atoms with Gasteiger partial charge in [-0.3, -0.25) is 14.8 Å². The molecule has 0 spiro atoms. The number of aliphatic hydroxyl groups excluding tert-OH is 1. The molecule has 2 aromatic rings. The Kier molecular flexibility index (Phi) is 3.64. The lowest BCUT2D eigenvalue weighted by Gasteiger charge is -2.17. The maximum absolute atomic E-state index is 12.2. The van der Waals surface area contributed by atoms with Crippen molar-refractivity contribution in [3.05, 3.63) is 54.1 Å². The van der Waals surface area contributed by atoms with Crippen LogP contribution in [0, 0.1) is 0 Å². The third-order valence-corrected chi connectivity index (χ3v) is 2.58. The molecule has 2 aromatic heterocycles. The molecule has 2 heterocycles. The highest BCUT2D eigenvalue weighted by molar-refractivity contribution is 6.05. The van der Waals surface area contributed by atoms with Crippen LogP contribution in [0.3, 0.4) is 0 Å². The number of carbonyl (C=O) groups excluding carboxylic acids is 1. The summed E-state index contributed by atoms with van der Waals surface area (Å²) in [4.78, 5) is 21.6. The summed E-state index contributed by atoms with van der Waals surface area (Å²) in [5.41, 5.74) is 1.73. The lowest BCUT2D eigenvalue weighted by molar-refractivity contribution is 0.0992. The molecule has 2 rings (SSSR count). The Morgan fingerprint density at radius 2 is 2.00 bits per heavy atom. The van der Waals surface area contributed by atoms with Crippen LogP contribution in [0.2, 0.25) is 0 Å². The van der Waals surface area contributed by atoms with Crippen LogP contribution in [0.4, 0.5) is 5.69 Å². The molecular weight excluding hydrogens is 230 g/mol. The number of nitrogens with zero attached hydrogens (tertiary/aromatic N) is 3. The van der Waals surface area contributed by atoms with E-state index in [1.165, 1.54) is 11.1 Å². The lowest BCUT2D eigenvalue weighted by atomic mass is 10.2. The van der Waals surface area contributed by atoms with Gasteiger partial charge in [0, 0.05) is 36.9 Å². The molecule has 0 fully saturated rings. The summed E-state index contributed by atoms with van der Waals surface area (Å²) in [6, 6.07) is 6.72. The van der Waals surface area contributed by atoms with E-state index in [-0.39, 0.29) is 12.5 Å². The minimum absolute atomic E-state index is 0.154. The van der Waals surface area contributed by atoms with E-state index in [1.54, 1.807) is 43.7 Å². The van der Waals surface area contributed by atoms with Crippen LogP contribution in [0.1, 0.15) is 16.1 Å². The monoisotopic (exact) mass is 243 g/mol. The van der Waals surface area contributed by atoms with Gasteiger partial charge in [0.2, 0.25) is 0 Å². The van der Waals surface area contributed by atoms with Gasteiger partial charge in [0.05, 0.1) is 12.3 Å². The fraction of sp³-hybridized carbons (Fsp3) is 0.154. The molecule has 1 amide bonds. The number of amides is 1. The number of aromatic nitrogens is 2. The third-order valence-electron chi connectivity index (χ3n) is 2.58. The van der Waals surface area contributed by atoms with Gasteiger partial charge >= 0.3 is 0 Å². The van der Waals surface area contributed by atoms with E-state index < -0.39 is 0 Å². The van der Waals surface area contributed by atoms with Crippen molar-refractivity contribution < 1.29 is 9.90 Å². The zero-order valence-corrected chi connectivity index (χ0v) is 9.95. The van der Waals surface area contributed by atoms with E-state index >= 15 is 0 Å². The van der Waals surface area contributed by atoms with Gasteiger partial charge in [-0.25, -0.2) is 0 Å². The highest BCUT2D eigenvalue weighted by atomic mass is 16.3. The standard InChI is InChI=1S/C13H13N3O2/c1-16(12-3-5-14-6-4-12)13(18)10-2-7-15-11(8-10)9-17/h2-8,17H,9H2,1H3. The van der Waals surface area contributed by atoms with E-state index in [2.05, 4.69) is 9.97 Å². The quantitative estimate of drug-likeness (QED) is 0.881. The molecule has 18 heavy (non-hydrogen) atoms. The molecule has 0 radical (unpaired) electrons. The summed E-state index contributed by atoms with van der Waals surface area (Å²) in [6.45, 7) is -0.180. The molecule has 0 atom stereocenters. The van der Waals surface area contributed by atoms with E-state index in [9.17, 15) is 4.79 Å².